The summed E-state index contributed by atoms with van der Waals surface area (Å²) in [5, 5.41) is 3.57. The normalized spacial score (nSPS) is 11.8. The van der Waals surface area contributed by atoms with Gasteiger partial charge in [0.2, 0.25) is 10.0 Å². The van der Waals surface area contributed by atoms with Crippen molar-refractivity contribution in [2.24, 2.45) is 0 Å². The number of benzene rings is 2. The van der Waals surface area contributed by atoms with Crippen molar-refractivity contribution in [1.29, 1.82) is 0 Å². The summed E-state index contributed by atoms with van der Waals surface area (Å²) in [6.07, 6.45) is 0. The van der Waals surface area contributed by atoms with Gasteiger partial charge in [-0.1, -0.05) is 45.9 Å². The van der Waals surface area contributed by atoms with Gasteiger partial charge in [-0.3, -0.25) is 9.78 Å². The second-order valence-electron chi connectivity index (χ2n) is 7.67. The zero-order valence-electron chi connectivity index (χ0n) is 19.0. The Hall–Kier alpha value is -2.97. The number of hydrogen-bond acceptors (Lipinski definition) is 5. The van der Waals surface area contributed by atoms with Crippen LogP contribution in [0.15, 0.2) is 53.4 Å². The van der Waals surface area contributed by atoms with E-state index in [2.05, 4.69) is 10.3 Å². The number of rotatable bonds is 8. The average Bonchev–Trinajstić information content (AvgIpc) is 2.78. The average molecular weight is 456 g/mol. The predicted molar refractivity (Wildman–Crippen MR) is 127 cm³/mol. The fraction of sp³-hybridized carbons (Fsp3) is 0.333. The number of anilines is 1. The van der Waals surface area contributed by atoms with E-state index in [1.807, 2.05) is 38.1 Å². The van der Waals surface area contributed by atoms with Gasteiger partial charge in [0, 0.05) is 24.2 Å². The van der Waals surface area contributed by atoms with E-state index >= 15 is 0 Å². The summed E-state index contributed by atoms with van der Waals surface area (Å²) in [4.78, 5) is 18.1. The molecule has 1 aromatic heterocycles. The van der Waals surface area contributed by atoms with Crippen LogP contribution in [0.2, 0.25) is 0 Å². The SMILES string of the molecule is CCN(CC)S(=O)(=O)c1ccc(OC)c(NC(=O)c2cc(C(C)C)nc3ccccc23)c1. The van der Waals surface area contributed by atoms with Crippen LogP contribution in [0.1, 0.15) is 49.7 Å². The molecular weight excluding hydrogens is 426 g/mol. The Morgan fingerprint density at radius 1 is 1.09 bits per heavy atom. The van der Waals surface area contributed by atoms with Crippen LogP contribution in [-0.2, 0) is 10.0 Å². The van der Waals surface area contributed by atoms with Crippen LogP contribution in [0, 0.1) is 0 Å². The monoisotopic (exact) mass is 455 g/mol. The summed E-state index contributed by atoms with van der Waals surface area (Å²) in [6.45, 7) is 8.32. The first-order chi connectivity index (χ1) is 15.2. The zero-order chi connectivity index (χ0) is 23.5. The summed E-state index contributed by atoms with van der Waals surface area (Å²) in [5.41, 5.74) is 2.29. The molecule has 0 unspecified atom stereocenters. The lowest BCUT2D eigenvalue weighted by Gasteiger charge is -2.20. The minimum absolute atomic E-state index is 0.0970. The maximum absolute atomic E-state index is 13.3. The Balaban J connectivity index is 2.07. The van der Waals surface area contributed by atoms with Gasteiger partial charge in [-0.15, -0.1) is 0 Å². The summed E-state index contributed by atoms with van der Waals surface area (Å²) in [7, 11) is -2.21. The number of amides is 1. The molecule has 1 heterocycles. The summed E-state index contributed by atoms with van der Waals surface area (Å²) in [6, 6.07) is 13.7. The van der Waals surface area contributed by atoms with Crippen molar-refractivity contribution in [2.75, 3.05) is 25.5 Å². The zero-order valence-corrected chi connectivity index (χ0v) is 19.9. The summed E-state index contributed by atoms with van der Waals surface area (Å²) >= 11 is 0. The van der Waals surface area contributed by atoms with Crippen molar-refractivity contribution in [3.05, 3.63) is 59.8 Å². The first kappa shape index (κ1) is 23.7. The maximum atomic E-state index is 13.3. The van der Waals surface area contributed by atoms with E-state index in [1.54, 1.807) is 26.0 Å². The van der Waals surface area contributed by atoms with E-state index in [0.717, 1.165) is 16.6 Å². The van der Waals surface area contributed by atoms with E-state index in [1.165, 1.54) is 23.5 Å². The molecule has 0 fully saturated rings. The topological polar surface area (TPSA) is 88.6 Å². The number of hydrogen-bond donors (Lipinski definition) is 1. The Morgan fingerprint density at radius 3 is 2.41 bits per heavy atom. The van der Waals surface area contributed by atoms with Gasteiger partial charge < -0.3 is 10.1 Å². The molecule has 1 amide bonds. The molecule has 170 valence electrons. The Labute approximate surface area is 189 Å². The standard InChI is InChI=1S/C24H29N3O4S/c1-6-27(7-2)32(29,30)17-12-13-23(31-5)22(14-17)26-24(28)19-15-21(16(3)4)25-20-11-9-8-10-18(19)20/h8-16H,6-7H2,1-5H3,(H,26,28). The molecule has 0 aliphatic heterocycles. The molecule has 3 aromatic rings. The molecule has 0 bridgehead atoms. The Morgan fingerprint density at radius 2 is 1.78 bits per heavy atom. The molecule has 0 saturated carbocycles. The van der Waals surface area contributed by atoms with Gasteiger partial charge in [-0.2, -0.15) is 4.31 Å². The quantitative estimate of drug-likeness (QED) is 0.534. The molecule has 0 aliphatic carbocycles. The highest BCUT2D eigenvalue weighted by Crippen LogP contribution is 2.30. The number of carbonyl (C=O) groups is 1. The van der Waals surface area contributed by atoms with Crippen molar-refractivity contribution in [2.45, 2.75) is 38.5 Å². The van der Waals surface area contributed by atoms with E-state index < -0.39 is 10.0 Å². The molecule has 0 saturated heterocycles. The second-order valence-corrected chi connectivity index (χ2v) is 9.61. The van der Waals surface area contributed by atoms with Gasteiger partial charge in [-0.05, 0) is 36.2 Å². The van der Waals surface area contributed by atoms with Crippen molar-refractivity contribution in [3.63, 3.8) is 0 Å². The first-order valence-electron chi connectivity index (χ1n) is 10.6. The van der Waals surface area contributed by atoms with Crippen LogP contribution in [0.5, 0.6) is 5.75 Å². The number of sulfonamides is 1. The van der Waals surface area contributed by atoms with Crippen molar-refractivity contribution in [3.8, 4) is 5.75 Å². The molecule has 8 heteroatoms. The molecule has 3 rings (SSSR count). The highest BCUT2D eigenvalue weighted by molar-refractivity contribution is 7.89. The lowest BCUT2D eigenvalue weighted by atomic mass is 10.0. The molecule has 2 aromatic carbocycles. The third-order valence-electron chi connectivity index (χ3n) is 5.33. The highest BCUT2D eigenvalue weighted by Gasteiger charge is 2.24. The number of ether oxygens (including phenoxy) is 1. The molecule has 32 heavy (non-hydrogen) atoms. The van der Waals surface area contributed by atoms with Gasteiger partial charge in [0.1, 0.15) is 5.75 Å². The smallest absolute Gasteiger partial charge is 0.256 e. The number of methoxy groups -OCH3 is 1. The van der Waals surface area contributed by atoms with E-state index in [-0.39, 0.29) is 22.4 Å². The van der Waals surface area contributed by atoms with Gasteiger partial charge >= 0.3 is 0 Å². The maximum Gasteiger partial charge on any atom is 0.256 e. The van der Waals surface area contributed by atoms with Crippen LogP contribution in [-0.4, -0.2) is 43.8 Å². The predicted octanol–water partition coefficient (Wildman–Crippen LogP) is 4.65. The van der Waals surface area contributed by atoms with E-state index in [0.29, 0.717) is 24.4 Å². The van der Waals surface area contributed by atoms with Crippen molar-refractivity contribution in [1.82, 2.24) is 9.29 Å². The number of aromatic nitrogens is 1. The number of nitrogens with one attached hydrogen (secondary N) is 1. The number of fused-ring (bicyclic) bond motifs is 1. The lowest BCUT2D eigenvalue weighted by molar-refractivity contribution is 0.102. The third kappa shape index (κ3) is 4.61. The van der Waals surface area contributed by atoms with Gasteiger partial charge in [0.05, 0.1) is 28.8 Å². The van der Waals surface area contributed by atoms with Crippen LogP contribution < -0.4 is 10.1 Å². The molecular formula is C24H29N3O4S. The van der Waals surface area contributed by atoms with Crippen LogP contribution in [0.25, 0.3) is 10.9 Å². The van der Waals surface area contributed by atoms with Crippen molar-refractivity contribution >= 4 is 32.5 Å². The molecule has 0 spiro atoms. The second kappa shape index (κ2) is 9.67. The highest BCUT2D eigenvalue weighted by atomic mass is 32.2. The van der Waals surface area contributed by atoms with Crippen LogP contribution >= 0.6 is 0 Å². The molecule has 7 nitrogen and oxygen atoms in total. The third-order valence-corrected chi connectivity index (χ3v) is 7.38. The summed E-state index contributed by atoms with van der Waals surface area (Å²) in [5.74, 6) is 0.156. The van der Waals surface area contributed by atoms with Gasteiger partial charge in [0.25, 0.3) is 5.91 Å². The number of nitrogens with zero attached hydrogens (tertiary/aromatic N) is 2. The molecule has 0 aliphatic rings. The van der Waals surface area contributed by atoms with Gasteiger partial charge in [-0.25, -0.2) is 8.42 Å². The fourth-order valence-electron chi connectivity index (χ4n) is 3.53. The van der Waals surface area contributed by atoms with Crippen LogP contribution in [0.3, 0.4) is 0 Å². The molecule has 0 radical (unpaired) electrons. The Kier molecular flexibility index (Phi) is 7.16. The number of pyridine rings is 1. The first-order valence-corrected chi connectivity index (χ1v) is 12.1. The lowest BCUT2D eigenvalue weighted by Crippen LogP contribution is -2.30. The van der Waals surface area contributed by atoms with Crippen molar-refractivity contribution < 1.29 is 17.9 Å². The minimum Gasteiger partial charge on any atom is -0.495 e. The largest absolute Gasteiger partial charge is 0.495 e. The minimum atomic E-state index is -3.69. The fourth-order valence-corrected chi connectivity index (χ4v) is 5.01. The van der Waals surface area contributed by atoms with Crippen LogP contribution in [0.4, 0.5) is 5.69 Å². The molecule has 0 atom stereocenters. The number of para-hydroxylation sites is 1. The number of carbonyl (C=O) groups excluding carboxylic acids is 1. The van der Waals surface area contributed by atoms with Gasteiger partial charge in [0.15, 0.2) is 0 Å². The summed E-state index contributed by atoms with van der Waals surface area (Å²) < 4.78 is 32.7. The van der Waals surface area contributed by atoms with E-state index in [4.69, 9.17) is 4.74 Å². The Bertz CT molecular complexity index is 1240. The molecule has 1 N–H and O–H groups in total. The van der Waals surface area contributed by atoms with E-state index in [9.17, 15) is 13.2 Å².